The van der Waals surface area contributed by atoms with Gasteiger partial charge < -0.3 is 0 Å². The Kier molecular flexibility index (Phi) is 6.45. The van der Waals surface area contributed by atoms with Crippen LogP contribution >= 0.6 is 56.9 Å². The van der Waals surface area contributed by atoms with Crippen LogP contribution < -0.4 is 0 Å². The highest BCUT2D eigenvalue weighted by molar-refractivity contribution is 14.2. The van der Waals surface area contributed by atoms with Crippen LogP contribution in [-0.2, 0) is 0 Å². The van der Waals surface area contributed by atoms with Crippen molar-refractivity contribution >= 4 is 56.9 Å². The highest BCUT2D eigenvalue weighted by atomic mass is 127. The quantitative estimate of drug-likeness (QED) is 0.555. The van der Waals surface area contributed by atoms with Gasteiger partial charge in [0, 0.05) is 5.75 Å². The minimum absolute atomic E-state index is 0.801. The fourth-order valence-corrected chi connectivity index (χ4v) is 2.54. The van der Waals surface area contributed by atoms with Gasteiger partial charge in [-0.05, 0) is 6.26 Å². The molecule has 0 aliphatic rings. The molecule has 0 heterocycles. The smallest absolute Gasteiger partial charge is 0.0716 e. The van der Waals surface area contributed by atoms with E-state index in [0.717, 1.165) is 1.93 Å². The lowest BCUT2D eigenvalue weighted by atomic mass is 11.0. The first kappa shape index (κ1) is 7.81. The monoisotopic (exact) mass is 328 g/mol. The summed E-state index contributed by atoms with van der Waals surface area (Å²) in [6, 6.07) is 0. The summed E-state index contributed by atoms with van der Waals surface area (Å²) in [5.74, 6) is 1.27. The van der Waals surface area contributed by atoms with Gasteiger partial charge in [-0.15, -0.1) is 0 Å². The molecule has 0 saturated heterocycles. The second-order valence-electron chi connectivity index (χ2n) is 0.846. The van der Waals surface area contributed by atoms with E-state index in [2.05, 4.69) is 51.4 Å². The Morgan fingerprint density at radius 3 is 2.17 bits per heavy atom. The van der Waals surface area contributed by atoms with E-state index in [0.29, 0.717) is 0 Å². The Hall–Kier alpha value is 1.81. The summed E-state index contributed by atoms with van der Waals surface area (Å²) in [5, 5.41) is 0. The average molecular weight is 328 g/mol. The second kappa shape index (κ2) is 4.96. The van der Waals surface area contributed by atoms with Crippen LogP contribution in [0.5, 0.6) is 0 Å². The fourth-order valence-electron chi connectivity index (χ4n) is 0.126. The van der Waals surface area contributed by atoms with Gasteiger partial charge in [0.1, 0.15) is 0 Å². The summed E-state index contributed by atoms with van der Waals surface area (Å²) in [4.78, 5) is 0. The molecule has 0 atom stereocenters. The van der Waals surface area contributed by atoms with E-state index < -0.39 is 0 Å². The number of hydrogen-bond acceptors (Lipinski definition) is 1. The minimum Gasteiger partial charge on any atom is -0.164 e. The van der Waals surface area contributed by atoms with Crippen LogP contribution in [0.4, 0.5) is 0 Å². The van der Waals surface area contributed by atoms with Gasteiger partial charge in [0.05, 0.1) is 1.93 Å². The number of thioether (sulfide) groups is 1. The van der Waals surface area contributed by atoms with E-state index in [1.165, 1.54) is 5.75 Å². The van der Waals surface area contributed by atoms with E-state index in [1.54, 1.807) is 0 Å². The van der Waals surface area contributed by atoms with Crippen molar-refractivity contribution in [2.24, 2.45) is 0 Å². The summed E-state index contributed by atoms with van der Waals surface area (Å²) in [6.07, 6.45) is 2.13. The van der Waals surface area contributed by atoms with Crippen molar-refractivity contribution in [3.8, 4) is 0 Å². The maximum Gasteiger partial charge on any atom is 0.0716 e. The molecule has 38 valence electrons. The van der Waals surface area contributed by atoms with Crippen molar-refractivity contribution in [2.45, 2.75) is 1.93 Å². The molecular weight excluding hydrogens is 322 g/mol. The number of alkyl halides is 2. The maximum atomic E-state index is 2.41. The molecule has 0 N–H and O–H groups in total. The molecule has 0 saturated carbocycles. The van der Waals surface area contributed by atoms with Gasteiger partial charge in [-0.3, -0.25) is 0 Å². The number of halogens is 2. The van der Waals surface area contributed by atoms with Crippen molar-refractivity contribution < 1.29 is 0 Å². The van der Waals surface area contributed by atoms with E-state index in [-0.39, 0.29) is 0 Å². The Balaban J connectivity index is 2.63. The Bertz CT molecular complexity index is 30.0. The van der Waals surface area contributed by atoms with Crippen LogP contribution in [0, 0.1) is 0 Å². The van der Waals surface area contributed by atoms with Gasteiger partial charge in [-0.1, -0.05) is 45.2 Å². The third-order valence-electron chi connectivity index (χ3n) is 0.293. The lowest BCUT2D eigenvalue weighted by molar-refractivity contribution is 1.57. The van der Waals surface area contributed by atoms with Crippen LogP contribution in [0.2, 0.25) is 0 Å². The molecule has 0 aromatic rings. The lowest BCUT2D eigenvalue weighted by Crippen LogP contribution is -1.84. The summed E-state index contributed by atoms with van der Waals surface area (Å²) in [7, 11) is 0. The van der Waals surface area contributed by atoms with E-state index in [4.69, 9.17) is 0 Å². The van der Waals surface area contributed by atoms with Crippen LogP contribution in [0.15, 0.2) is 0 Å². The highest BCUT2D eigenvalue weighted by Gasteiger charge is 1.90. The fraction of sp³-hybridized carbons (Fsp3) is 1.00. The van der Waals surface area contributed by atoms with E-state index in [1.807, 2.05) is 11.8 Å². The second-order valence-corrected chi connectivity index (χ2v) is 7.15. The molecule has 0 aliphatic heterocycles. The minimum atomic E-state index is 0.801. The van der Waals surface area contributed by atoms with Crippen LogP contribution in [0.3, 0.4) is 0 Å². The van der Waals surface area contributed by atoms with Crippen molar-refractivity contribution in [3.05, 3.63) is 0 Å². The topological polar surface area (TPSA) is 0 Å². The summed E-state index contributed by atoms with van der Waals surface area (Å²) >= 11 is 6.71. The standard InChI is InChI=1S/C3H6I2S/c1-6-2-3(4)5/h3H,2H2,1H3. The largest absolute Gasteiger partial charge is 0.164 e. The van der Waals surface area contributed by atoms with Crippen molar-refractivity contribution in [1.29, 1.82) is 0 Å². The van der Waals surface area contributed by atoms with Gasteiger partial charge in [0.25, 0.3) is 0 Å². The summed E-state index contributed by atoms with van der Waals surface area (Å²) < 4.78 is 0.801. The first-order valence-electron chi connectivity index (χ1n) is 1.54. The zero-order chi connectivity index (χ0) is 4.99. The summed E-state index contributed by atoms with van der Waals surface area (Å²) in [5.41, 5.74) is 0. The average Bonchev–Trinajstić information content (AvgIpc) is 1.35. The molecule has 0 bridgehead atoms. The first-order valence-corrected chi connectivity index (χ1v) is 5.43. The van der Waals surface area contributed by atoms with Gasteiger partial charge in [-0.25, -0.2) is 0 Å². The maximum absolute atomic E-state index is 2.41. The molecule has 0 aromatic heterocycles. The number of hydrogen-bond donors (Lipinski definition) is 0. The third-order valence-corrected chi connectivity index (χ3v) is 3.04. The Morgan fingerprint density at radius 1 is 1.67 bits per heavy atom. The Labute approximate surface area is 70.1 Å². The molecule has 0 aromatic carbocycles. The van der Waals surface area contributed by atoms with Crippen molar-refractivity contribution in [1.82, 2.24) is 0 Å². The summed E-state index contributed by atoms with van der Waals surface area (Å²) in [6.45, 7) is 0. The molecule has 0 radical (unpaired) electrons. The molecule has 0 unspecified atom stereocenters. The van der Waals surface area contributed by atoms with E-state index in [9.17, 15) is 0 Å². The molecule has 0 rings (SSSR count). The predicted molar refractivity (Wildman–Crippen MR) is 50.2 cm³/mol. The van der Waals surface area contributed by atoms with Crippen molar-refractivity contribution in [3.63, 3.8) is 0 Å². The molecule has 0 nitrogen and oxygen atoms in total. The lowest BCUT2D eigenvalue weighted by Gasteiger charge is -1.91. The molecule has 0 spiro atoms. The normalized spacial score (nSPS) is 10.0. The zero-order valence-electron chi connectivity index (χ0n) is 3.45. The molecule has 3 heteroatoms. The molecule has 6 heavy (non-hydrogen) atoms. The highest BCUT2D eigenvalue weighted by Crippen LogP contribution is 2.13. The SMILES string of the molecule is CSCC(I)I. The predicted octanol–water partition coefficient (Wildman–Crippen LogP) is 2.55. The molecular formula is C3H6I2S. The first-order chi connectivity index (χ1) is 2.77. The zero-order valence-corrected chi connectivity index (χ0v) is 8.58. The molecule has 0 amide bonds. The Morgan fingerprint density at radius 2 is 2.17 bits per heavy atom. The van der Waals surface area contributed by atoms with Gasteiger partial charge in [-0.2, -0.15) is 11.8 Å². The van der Waals surface area contributed by atoms with Gasteiger partial charge in [0.15, 0.2) is 0 Å². The molecule has 0 aliphatic carbocycles. The van der Waals surface area contributed by atoms with E-state index >= 15 is 0 Å². The van der Waals surface area contributed by atoms with Gasteiger partial charge in [0.2, 0.25) is 0 Å². The third kappa shape index (κ3) is 5.81. The van der Waals surface area contributed by atoms with Gasteiger partial charge >= 0.3 is 0 Å². The molecule has 0 fully saturated rings. The van der Waals surface area contributed by atoms with Crippen LogP contribution in [-0.4, -0.2) is 13.9 Å². The number of rotatable bonds is 2. The van der Waals surface area contributed by atoms with Crippen LogP contribution in [0.25, 0.3) is 0 Å². The van der Waals surface area contributed by atoms with Crippen molar-refractivity contribution in [2.75, 3.05) is 12.0 Å². The van der Waals surface area contributed by atoms with Crippen LogP contribution in [0.1, 0.15) is 0 Å².